The lowest BCUT2D eigenvalue weighted by Gasteiger charge is -2.11. The van der Waals surface area contributed by atoms with Gasteiger partial charge in [0.25, 0.3) is 5.91 Å². The predicted octanol–water partition coefficient (Wildman–Crippen LogP) is 2.72. The van der Waals surface area contributed by atoms with Crippen molar-refractivity contribution in [2.45, 2.75) is 12.8 Å². The molecular formula is C17H16BrN3O2S. The molecule has 0 aliphatic heterocycles. The van der Waals surface area contributed by atoms with Crippen molar-refractivity contribution in [1.29, 1.82) is 0 Å². The quantitative estimate of drug-likeness (QED) is 0.540. The van der Waals surface area contributed by atoms with Crippen LogP contribution < -0.4 is 16.2 Å². The zero-order valence-corrected chi connectivity index (χ0v) is 15.1. The monoisotopic (exact) mass is 405 g/mol. The van der Waals surface area contributed by atoms with Crippen molar-refractivity contribution in [2.24, 2.45) is 0 Å². The molecule has 5 nitrogen and oxygen atoms in total. The van der Waals surface area contributed by atoms with Crippen molar-refractivity contribution in [2.75, 3.05) is 0 Å². The maximum Gasteiger partial charge on any atom is 0.258 e. The molecule has 0 radical (unpaired) electrons. The van der Waals surface area contributed by atoms with E-state index in [1.165, 1.54) is 0 Å². The topological polar surface area (TPSA) is 70.2 Å². The highest BCUT2D eigenvalue weighted by molar-refractivity contribution is 9.10. The summed E-state index contributed by atoms with van der Waals surface area (Å²) in [6.07, 6.45) is 0.947. The number of carbonyl (C=O) groups excluding carboxylic acids is 2. The van der Waals surface area contributed by atoms with Gasteiger partial charge in [-0.1, -0.05) is 42.5 Å². The molecule has 0 aliphatic carbocycles. The summed E-state index contributed by atoms with van der Waals surface area (Å²) in [6, 6.07) is 16.7. The molecule has 2 aromatic carbocycles. The number of benzene rings is 2. The fraction of sp³-hybridized carbons (Fsp3) is 0.118. The summed E-state index contributed by atoms with van der Waals surface area (Å²) in [5.41, 5.74) is 6.53. The number of carbonyl (C=O) groups is 2. The molecule has 2 aromatic rings. The Morgan fingerprint density at radius 3 is 2.33 bits per heavy atom. The van der Waals surface area contributed by atoms with Gasteiger partial charge >= 0.3 is 0 Å². The Morgan fingerprint density at radius 2 is 1.62 bits per heavy atom. The van der Waals surface area contributed by atoms with Crippen LogP contribution in [-0.4, -0.2) is 16.9 Å². The highest BCUT2D eigenvalue weighted by atomic mass is 79.9. The predicted molar refractivity (Wildman–Crippen MR) is 100 cm³/mol. The van der Waals surface area contributed by atoms with Gasteiger partial charge in [-0.05, 0) is 52.3 Å². The first-order valence-electron chi connectivity index (χ1n) is 7.25. The first kappa shape index (κ1) is 18.1. The van der Waals surface area contributed by atoms with Gasteiger partial charge in [-0.25, -0.2) is 0 Å². The molecule has 0 fully saturated rings. The van der Waals surface area contributed by atoms with Crippen molar-refractivity contribution in [3.63, 3.8) is 0 Å². The normalized spacial score (nSPS) is 9.88. The van der Waals surface area contributed by atoms with E-state index in [-0.39, 0.29) is 16.9 Å². The number of hydrazine groups is 1. The van der Waals surface area contributed by atoms with Crippen LogP contribution in [0.2, 0.25) is 0 Å². The standard InChI is InChI=1S/C17H16BrN3O2S/c18-14-9-5-4-8-13(14)16(23)19-17(24)21-20-15(22)11-10-12-6-2-1-3-7-12/h1-9H,10-11H2,(H,20,22)(H2,19,21,23,24). The van der Waals surface area contributed by atoms with Crippen LogP contribution in [-0.2, 0) is 11.2 Å². The SMILES string of the molecule is O=C(CCc1ccccc1)NNC(=S)NC(=O)c1ccccc1Br. The first-order valence-corrected chi connectivity index (χ1v) is 8.45. The molecule has 7 heteroatoms. The lowest BCUT2D eigenvalue weighted by Crippen LogP contribution is -2.48. The van der Waals surface area contributed by atoms with Crippen LogP contribution >= 0.6 is 28.1 Å². The Morgan fingerprint density at radius 1 is 0.958 bits per heavy atom. The average molecular weight is 406 g/mol. The molecule has 0 spiro atoms. The maximum atomic E-state index is 12.1. The Hall–Kier alpha value is -2.25. The molecule has 2 rings (SSSR count). The van der Waals surface area contributed by atoms with Crippen LogP contribution in [0.15, 0.2) is 59.1 Å². The second-order valence-corrected chi connectivity index (χ2v) is 6.18. The zero-order valence-electron chi connectivity index (χ0n) is 12.7. The fourth-order valence-corrected chi connectivity index (χ4v) is 2.55. The lowest BCUT2D eigenvalue weighted by molar-refractivity contribution is -0.121. The van der Waals surface area contributed by atoms with Crippen LogP contribution in [0.3, 0.4) is 0 Å². The van der Waals surface area contributed by atoms with E-state index in [9.17, 15) is 9.59 Å². The molecule has 124 valence electrons. The van der Waals surface area contributed by atoms with Gasteiger partial charge in [-0.2, -0.15) is 0 Å². The van der Waals surface area contributed by atoms with Gasteiger partial charge in [0.2, 0.25) is 5.91 Å². The van der Waals surface area contributed by atoms with E-state index in [1.54, 1.807) is 18.2 Å². The number of halogens is 1. The van der Waals surface area contributed by atoms with Crippen molar-refractivity contribution in [3.8, 4) is 0 Å². The third-order valence-electron chi connectivity index (χ3n) is 3.14. The summed E-state index contributed by atoms with van der Waals surface area (Å²) >= 11 is 8.29. The highest BCUT2D eigenvalue weighted by Crippen LogP contribution is 2.15. The average Bonchev–Trinajstić information content (AvgIpc) is 2.59. The number of thiocarbonyl (C=S) groups is 1. The van der Waals surface area contributed by atoms with Crippen molar-refractivity contribution >= 4 is 45.1 Å². The van der Waals surface area contributed by atoms with Crippen molar-refractivity contribution in [3.05, 3.63) is 70.2 Å². The second kappa shape index (κ2) is 9.14. The minimum absolute atomic E-state index is 0.0313. The molecule has 0 unspecified atom stereocenters. The van der Waals surface area contributed by atoms with Crippen LogP contribution in [0.4, 0.5) is 0 Å². The summed E-state index contributed by atoms with van der Waals surface area (Å²) < 4.78 is 0.664. The van der Waals surface area contributed by atoms with Gasteiger partial charge in [0.05, 0.1) is 5.56 Å². The van der Waals surface area contributed by atoms with Gasteiger partial charge in [-0.3, -0.25) is 25.8 Å². The van der Waals surface area contributed by atoms with Crippen molar-refractivity contribution in [1.82, 2.24) is 16.2 Å². The van der Waals surface area contributed by atoms with Crippen molar-refractivity contribution < 1.29 is 9.59 Å². The number of hydrogen-bond acceptors (Lipinski definition) is 3. The van der Waals surface area contributed by atoms with Gasteiger partial charge in [0.15, 0.2) is 5.11 Å². The minimum Gasteiger partial charge on any atom is -0.298 e. The number of aryl methyl sites for hydroxylation is 1. The number of amides is 2. The van der Waals surface area contributed by atoms with Gasteiger partial charge in [-0.15, -0.1) is 0 Å². The minimum atomic E-state index is -0.362. The van der Waals surface area contributed by atoms with E-state index >= 15 is 0 Å². The smallest absolute Gasteiger partial charge is 0.258 e. The van der Waals surface area contributed by atoms with E-state index in [2.05, 4.69) is 32.1 Å². The number of nitrogens with one attached hydrogen (secondary N) is 3. The molecule has 0 aliphatic rings. The van der Waals surface area contributed by atoms with E-state index < -0.39 is 0 Å². The molecule has 0 heterocycles. The molecule has 3 N–H and O–H groups in total. The van der Waals surface area contributed by atoms with E-state index in [4.69, 9.17) is 12.2 Å². The molecule has 0 saturated heterocycles. The maximum absolute atomic E-state index is 12.1. The van der Waals surface area contributed by atoms with E-state index in [0.717, 1.165) is 5.56 Å². The Balaban J connectivity index is 1.73. The Kier molecular flexibility index (Phi) is 6.89. The summed E-state index contributed by atoms with van der Waals surface area (Å²) in [4.78, 5) is 23.8. The third kappa shape index (κ3) is 5.75. The molecule has 0 aromatic heterocycles. The first-order chi connectivity index (χ1) is 11.6. The Bertz CT molecular complexity index is 738. The van der Waals surface area contributed by atoms with Crippen LogP contribution in [0.5, 0.6) is 0 Å². The van der Waals surface area contributed by atoms with Gasteiger partial charge in [0, 0.05) is 10.9 Å². The molecule has 0 saturated carbocycles. The summed E-state index contributed by atoms with van der Waals surface area (Å²) in [6.45, 7) is 0. The summed E-state index contributed by atoms with van der Waals surface area (Å²) in [5, 5.41) is 2.53. The van der Waals surface area contributed by atoms with E-state index in [0.29, 0.717) is 22.9 Å². The third-order valence-corrected chi connectivity index (χ3v) is 4.04. The molecule has 2 amide bonds. The van der Waals surface area contributed by atoms with Crippen LogP contribution in [0, 0.1) is 0 Å². The van der Waals surface area contributed by atoms with Crippen LogP contribution in [0.25, 0.3) is 0 Å². The molecule has 24 heavy (non-hydrogen) atoms. The summed E-state index contributed by atoms with van der Waals surface area (Å²) in [7, 11) is 0. The highest BCUT2D eigenvalue weighted by Gasteiger charge is 2.11. The fourth-order valence-electron chi connectivity index (χ4n) is 1.94. The zero-order chi connectivity index (χ0) is 17.4. The molecular weight excluding hydrogens is 390 g/mol. The van der Waals surface area contributed by atoms with Gasteiger partial charge in [0.1, 0.15) is 0 Å². The Labute approximate surface area is 153 Å². The number of rotatable bonds is 4. The van der Waals surface area contributed by atoms with Gasteiger partial charge < -0.3 is 0 Å². The largest absolute Gasteiger partial charge is 0.298 e. The lowest BCUT2D eigenvalue weighted by atomic mass is 10.1. The molecule has 0 bridgehead atoms. The second-order valence-electron chi connectivity index (χ2n) is 4.92. The molecule has 0 atom stereocenters. The van der Waals surface area contributed by atoms with Crippen LogP contribution in [0.1, 0.15) is 22.3 Å². The van der Waals surface area contributed by atoms with E-state index in [1.807, 2.05) is 36.4 Å². The number of hydrogen-bond donors (Lipinski definition) is 3. The summed E-state index contributed by atoms with van der Waals surface area (Å²) in [5.74, 6) is -0.574.